The van der Waals surface area contributed by atoms with E-state index in [9.17, 15) is 20.4 Å². The molecule has 7 nitrogen and oxygen atoms in total. The second-order valence-corrected chi connectivity index (χ2v) is 26.5. The third-order valence-electron chi connectivity index (χ3n) is 17.4. The molecule has 0 aliphatic rings. The smallest absolute Gasteiger partial charge is 0.0667 e. The number of allylic oxidation sites excluding steroid dienone is 16. The molecule has 514 valence electrons. The molecule has 0 fully saturated rings. The van der Waals surface area contributed by atoms with E-state index in [-0.39, 0.29) is 0 Å². The highest BCUT2D eigenvalue weighted by Gasteiger charge is 2.19. The summed E-state index contributed by atoms with van der Waals surface area (Å²) in [6.07, 6.45) is 91.8. The topological polar surface area (TPSA) is 90.6 Å². The molecule has 4 atom stereocenters. The summed E-state index contributed by atoms with van der Waals surface area (Å²) in [6.45, 7) is 14.7. The molecule has 0 rings (SSSR count). The molecule has 0 heterocycles. The summed E-state index contributed by atoms with van der Waals surface area (Å²) in [6, 6.07) is 0. The normalized spacial score (nSPS) is 14.2. The van der Waals surface area contributed by atoms with Gasteiger partial charge >= 0.3 is 0 Å². The lowest BCUT2D eigenvalue weighted by molar-refractivity contribution is 0.0492. The van der Waals surface area contributed by atoms with E-state index >= 15 is 0 Å². The minimum Gasteiger partial charge on any atom is -0.392 e. The van der Waals surface area contributed by atoms with E-state index < -0.39 is 24.4 Å². The maximum atomic E-state index is 11.4. The van der Waals surface area contributed by atoms with Crippen molar-refractivity contribution in [1.29, 1.82) is 0 Å². The molecule has 0 bridgehead atoms. The fraction of sp³-hybridized carbons (Fsp3) is 0.802. The second-order valence-electron chi connectivity index (χ2n) is 26.5. The number of likely N-dealkylation sites (N-methyl/N-ethyl adjacent to an activating group) is 1. The van der Waals surface area contributed by atoms with Crippen molar-refractivity contribution >= 4 is 0 Å². The molecule has 0 aliphatic carbocycles. The number of hydrogen-bond acceptors (Lipinski definition) is 7. The zero-order valence-corrected chi connectivity index (χ0v) is 59.3. The third-order valence-corrected chi connectivity index (χ3v) is 17.4. The lowest BCUT2D eigenvalue weighted by atomic mass is 10.0. The van der Waals surface area contributed by atoms with Crippen molar-refractivity contribution in [2.45, 2.75) is 360 Å². The van der Waals surface area contributed by atoms with Crippen LogP contribution in [0.4, 0.5) is 0 Å². The average Bonchev–Trinajstić information content (AvgIpc) is 3.72. The fourth-order valence-corrected chi connectivity index (χ4v) is 11.6. The molecular formula is C81H151N3O4. The van der Waals surface area contributed by atoms with Gasteiger partial charge in [0.15, 0.2) is 0 Å². The van der Waals surface area contributed by atoms with Gasteiger partial charge in [-0.15, -0.1) is 0 Å². The van der Waals surface area contributed by atoms with Gasteiger partial charge in [0.2, 0.25) is 0 Å². The highest BCUT2D eigenvalue weighted by Crippen LogP contribution is 2.17. The Balaban J connectivity index is 5.36. The van der Waals surface area contributed by atoms with Crippen LogP contribution in [-0.2, 0) is 0 Å². The van der Waals surface area contributed by atoms with Crippen LogP contribution in [-0.4, -0.2) is 119 Å². The highest BCUT2D eigenvalue weighted by atomic mass is 16.3. The van der Waals surface area contributed by atoms with Crippen LogP contribution in [0, 0.1) is 0 Å². The maximum Gasteiger partial charge on any atom is 0.0667 e. The summed E-state index contributed by atoms with van der Waals surface area (Å²) in [4.78, 5) is 7.03. The Bertz CT molecular complexity index is 1390. The van der Waals surface area contributed by atoms with Gasteiger partial charge in [-0.1, -0.05) is 279 Å². The van der Waals surface area contributed by atoms with Crippen molar-refractivity contribution < 1.29 is 20.4 Å². The molecule has 0 aromatic heterocycles. The predicted molar refractivity (Wildman–Crippen MR) is 392 cm³/mol. The van der Waals surface area contributed by atoms with E-state index in [0.29, 0.717) is 26.2 Å². The van der Waals surface area contributed by atoms with Crippen LogP contribution in [0.1, 0.15) is 336 Å². The van der Waals surface area contributed by atoms with E-state index in [1.807, 2.05) is 0 Å². The molecular weight excluding hydrogens is 1080 g/mol. The van der Waals surface area contributed by atoms with Crippen molar-refractivity contribution in [3.05, 3.63) is 97.2 Å². The minimum atomic E-state index is -0.399. The Labute approximate surface area is 549 Å². The first-order valence-electron chi connectivity index (χ1n) is 38.3. The number of aliphatic hydroxyl groups excluding tert-OH is 4. The second kappa shape index (κ2) is 72.1. The fourth-order valence-electron chi connectivity index (χ4n) is 11.6. The SMILES string of the molecule is CCCCC/C=C\C/C=C\CCCCCCCC(O)CN(CCN(C)CCN(CC(O)CCCCCCC/C=C\C/C=C\CCCCC)CC(O)CCCCCCC/C=C\C/C=C\CCCCC)CC(O)CCCCCCC/C=C\C/C=C\CCCCC. The summed E-state index contributed by atoms with van der Waals surface area (Å²) in [7, 11) is 2.19. The van der Waals surface area contributed by atoms with E-state index in [4.69, 9.17) is 0 Å². The van der Waals surface area contributed by atoms with Gasteiger partial charge in [0, 0.05) is 52.4 Å². The molecule has 0 saturated carbocycles. The first-order valence-corrected chi connectivity index (χ1v) is 38.3. The summed E-state index contributed by atoms with van der Waals surface area (Å²) in [5.74, 6) is 0. The molecule has 4 N–H and O–H groups in total. The molecule has 4 unspecified atom stereocenters. The largest absolute Gasteiger partial charge is 0.392 e. The van der Waals surface area contributed by atoms with Gasteiger partial charge in [0.05, 0.1) is 24.4 Å². The van der Waals surface area contributed by atoms with E-state index in [1.165, 1.54) is 180 Å². The molecule has 7 heteroatoms. The van der Waals surface area contributed by atoms with Crippen LogP contribution >= 0.6 is 0 Å². The van der Waals surface area contributed by atoms with Gasteiger partial charge in [0.1, 0.15) is 0 Å². The molecule has 0 spiro atoms. The van der Waals surface area contributed by atoms with Crippen molar-refractivity contribution in [3.8, 4) is 0 Å². The van der Waals surface area contributed by atoms with Crippen molar-refractivity contribution in [1.82, 2.24) is 14.7 Å². The van der Waals surface area contributed by atoms with Crippen LogP contribution in [0.2, 0.25) is 0 Å². The molecule has 88 heavy (non-hydrogen) atoms. The van der Waals surface area contributed by atoms with E-state index in [2.05, 4.69) is 147 Å². The quantitative estimate of drug-likeness (QED) is 0.0356. The summed E-state index contributed by atoms with van der Waals surface area (Å²) in [5, 5.41) is 45.6. The lowest BCUT2D eigenvalue weighted by Gasteiger charge is -2.31. The van der Waals surface area contributed by atoms with Crippen LogP contribution in [0.25, 0.3) is 0 Å². The van der Waals surface area contributed by atoms with Crippen molar-refractivity contribution in [2.75, 3.05) is 59.4 Å². The average molecular weight is 1230 g/mol. The highest BCUT2D eigenvalue weighted by molar-refractivity contribution is 4.95. The number of aliphatic hydroxyl groups is 4. The molecule has 0 aliphatic heterocycles. The van der Waals surface area contributed by atoms with Crippen LogP contribution in [0.3, 0.4) is 0 Å². The zero-order chi connectivity index (χ0) is 64.0. The van der Waals surface area contributed by atoms with Gasteiger partial charge in [-0.3, -0.25) is 9.80 Å². The number of nitrogens with zero attached hydrogens (tertiary/aromatic N) is 3. The Morgan fingerprint density at radius 1 is 0.227 bits per heavy atom. The monoisotopic (exact) mass is 1230 g/mol. The van der Waals surface area contributed by atoms with Crippen molar-refractivity contribution in [2.24, 2.45) is 0 Å². The number of hydrogen-bond donors (Lipinski definition) is 4. The lowest BCUT2D eigenvalue weighted by Crippen LogP contribution is -2.44. The van der Waals surface area contributed by atoms with Gasteiger partial charge < -0.3 is 25.3 Å². The zero-order valence-electron chi connectivity index (χ0n) is 59.3. The Kier molecular flexibility index (Phi) is 70.1. The first kappa shape index (κ1) is 85.6. The van der Waals surface area contributed by atoms with Crippen LogP contribution in [0.5, 0.6) is 0 Å². The van der Waals surface area contributed by atoms with Crippen LogP contribution in [0.15, 0.2) is 97.2 Å². The summed E-state index contributed by atoms with van der Waals surface area (Å²) >= 11 is 0. The summed E-state index contributed by atoms with van der Waals surface area (Å²) < 4.78 is 0. The molecule has 0 saturated heterocycles. The van der Waals surface area contributed by atoms with Crippen LogP contribution < -0.4 is 0 Å². The molecule has 0 aromatic rings. The molecule has 0 radical (unpaired) electrons. The molecule has 0 amide bonds. The minimum absolute atomic E-state index is 0.399. The Hall–Kier alpha value is -2.36. The van der Waals surface area contributed by atoms with E-state index in [0.717, 1.165) is 155 Å². The number of rotatable bonds is 70. The maximum absolute atomic E-state index is 11.4. The standard InChI is InChI=1S/C81H151N3O4/c1-6-10-14-18-22-26-30-34-38-42-46-50-54-58-62-66-78(85)74-83(75-79(86)67-63-59-55-51-47-43-39-35-31-27-23-19-15-11-7-2)72-70-82(5)71-73-84(76-80(87)68-64-60-56-52-48-44-40-36-32-28-24-20-16-12-8-3)77-81(88)69-65-61-57-53-49-45-41-37-33-29-25-21-17-13-9-4/h22-29,34-41,78-81,85-88H,6-21,30-33,42-77H2,1-5H3/b26-22-,27-23-,28-24-,29-25-,38-34-,39-35-,40-36-,41-37-. The van der Waals surface area contributed by atoms with Gasteiger partial charge in [0.25, 0.3) is 0 Å². The number of unbranched alkanes of at least 4 members (excludes halogenated alkanes) is 32. The Morgan fingerprint density at radius 2 is 0.409 bits per heavy atom. The third kappa shape index (κ3) is 68.0. The molecule has 0 aromatic carbocycles. The van der Waals surface area contributed by atoms with E-state index in [1.54, 1.807) is 0 Å². The van der Waals surface area contributed by atoms with Crippen molar-refractivity contribution in [3.63, 3.8) is 0 Å². The predicted octanol–water partition coefficient (Wildman–Crippen LogP) is 22.2. The van der Waals surface area contributed by atoms with Gasteiger partial charge in [-0.25, -0.2) is 0 Å². The first-order chi connectivity index (χ1) is 43.2. The Morgan fingerprint density at radius 3 is 0.614 bits per heavy atom. The van der Waals surface area contributed by atoms with Gasteiger partial charge in [-0.2, -0.15) is 0 Å². The summed E-state index contributed by atoms with van der Waals surface area (Å²) in [5.41, 5.74) is 0. The van der Waals surface area contributed by atoms with Gasteiger partial charge in [-0.05, 0) is 161 Å².